The number of amides is 2. The Hall–Kier alpha value is -4.66. The molecule has 49 heavy (non-hydrogen) atoms. The summed E-state index contributed by atoms with van der Waals surface area (Å²) >= 11 is 6.13. The first kappa shape index (κ1) is 34.2. The molecule has 0 bridgehead atoms. The summed E-state index contributed by atoms with van der Waals surface area (Å²) in [5.74, 6) is -0.373. The zero-order valence-electron chi connectivity index (χ0n) is 26.8. The lowest BCUT2D eigenvalue weighted by atomic mass is 10.00. The number of nitrogens with zero attached hydrogens (tertiary/aromatic N) is 7. The van der Waals surface area contributed by atoms with E-state index in [0.717, 1.165) is 56.7 Å². The van der Waals surface area contributed by atoms with E-state index in [-0.39, 0.29) is 59.3 Å². The zero-order valence-corrected chi connectivity index (χ0v) is 27.6. The lowest BCUT2D eigenvalue weighted by Crippen LogP contribution is -2.51. The highest BCUT2D eigenvalue weighted by atomic mass is 35.5. The molecule has 2 fully saturated rings. The van der Waals surface area contributed by atoms with Crippen molar-refractivity contribution in [3.8, 4) is 5.75 Å². The maximum atomic E-state index is 14.2. The Labute approximate surface area is 284 Å². The van der Waals surface area contributed by atoms with Crippen LogP contribution in [0.25, 0.3) is 5.78 Å². The van der Waals surface area contributed by atoms with Gasteiger partial charge in [-0.3, -0.25) is 19.4 Å². The Kier molecular flexibility index (Phi) is 9.82. The summed E-state index contributed by atoms with van der Waals surface area (Å²) < 4.78 is 42.4. The number of fused-ring (bicyclic) bond motifs is 1. The van der Waals surface area contributed by atoms with Crippen LogP contribution in [0.15, 0.2) is 41.5 Å². The van der Waals surface area contributed by atoms with E-state index in [9.17, 15) is 32.7 Å². The van der Waals surface area contributed by atoms with E-state index in [1.165, 1.54) is 23.0 Å². The number of alkyl halides is 3. The van der Waals surface area contributed by atoms with Crippen LogP contribution in [0.3, 0.4) is 0 Å². The van der Waals surface area contributed by atoms with Gasteiger partial charge in [0.2, 0.25) is 11.7 Å². The zero-order chi connectivity index (χ0) is 34.9. The second kappa shape index (κ2) is 14.1. The molecule has 1 saturated carbocycles. The Morgan fingerprint density at radius 2 is 1.78 bits per heavy atom. The number of nitrogens with one attached hydrogen (secondary N) is 1. The fourth-order valence-electron chi connectivity index (χ4n) is 6.65. The van der Waals surface area contributed by atoms with Crippen molar-refractivity contribution in [3.63, 3.8) is 0 Å². The molecule has 0 unspecified atom stereocenters. The molecule has 4 heterocycles. The van der Waals surface area contributed by atoms with Crippen LogP contribution in [0.1, 0.15) is 78.8 Å². The predicted octanol–water partition coefficient (Wildman–Crippen LogP) is 5.27. The number of aromatic nitrogens is 5. The number of carbonyl (C=O) groups is 2. The number of pyridine rings is 1. The average molecular weight is 701 g/mol. The van der Waals surface area contributed by atoms with Gasteiger partial charge in [-0.15, -0.1) is 5.10 Å². The van der Waals surface area contributed by atoms with Crippen molar-refractivity contribution in [2.75, 3.05) is 36.4 Å². The molecular formula is C33H36ClF3N8O4. The molecule has 12 nitrogen and oxygen atoms in total. The lowest BCUT2D eigenvalue weighted by Gasteiger charge is -2.36. The van der Waals surface area contributed by atoms with Crippen LogP contribution in [0.4, 0.5) is 24.5 Å². The van der Waals surface area contributed by atoms with Gasteiger partial charge in [-0.1, -0.05) is 44.2 Å². The first-order valence-corrected chi connectivity index (χ1v) is 16.7. The fourth-order valence-corrected chi connectivity index (χ4v) is 6.88. The summed E-state index contributed by atoms with van der Waals surface area (Å²) in [6.07, 6.45) is 4.41. The minimum absolute atomic E-state index is 0.0108. The Morgan fingerprint density at radius 1 is 1.06 bits per heavy atom. The first-order chi connectivity index (χ1) is 23.5. The van der Waals surface area contributed by atoms with Crippen LogP contribution in [-0.4, -0.2) is 72.1 Å². The highest BCUT2D eigenvalue weighted by Gasteiger charge is 2.32. The summed E-state index contributed by atoms with van der Waals surface area (Å²) in [7, 11) is 0. The van der Waals surface area contributed by atoms with Gasteiger partial charge in [-0.2, -0.15) is 22.7 Å². The monoisotopic (exact) mass is 700 g/mol. The van der Waals surface area contributed by atoms with Gasteiger partial charge in [0, 0.05) is 38.3 Å². The molecule has 1 aliphatic carbocycles. The molecule has 16 heteroatoms. The normalized spacial score (nSPS) is 16.2. The summed E-state index contributed by atoms with van der Waals surface area (Å²) in [6.45, 7) is 2.65. The molecule has 1 aromatic carbocycles. The van der Waals surface area contributed by atoms with E-state index in [0.29, 0.717) is 36.7 Å². The van der Waals surface area contributed by atoms with Crippen LogP contribution >= 0.6 is 11.6 Å². The average Bonchev–Trinajstić information content (AvgIpc) is 3.35. The van der Waals surface area contributed by atoms with Gasteiger partial charge in [0.25, 0.3) is 11.5 Å². The minimum atomic E-state index is -4.59. The number of hydrogen-bond acceptors (Lipinski definition) is 8. The standard InChI is InChI=1S/C33H36ClF3N8O4/c1-2-25-28(42-13-15-43(16-14-42)30(48)22-11-12-38-18-26(22)46)31(49)45-32(40-29(41-45)20-7-5-3-4-6-8-20)44(25)19-27(47)39-24-10-9-21(17-23(24)34)33(35,36)37/h9-12,17-18,20,46H,2-8,13-16,19H2,1H3,(H,39,47). The maximum absolute atomic E-state index is 14.2. The van der Waals surface area contributed by atoms with Gasteiger partial charge < -0.3 is 24.8 Å². The Balaban J connectivity index is 1.35. The van der Waals surface area contributed by atoms with Crippen molar-refractivity contribution >= 4 is 40.6 Å². The van der Waals surface area contributed by atoms with Gasteiger partial charge in [-0.05, 0) is 43.5 Å². The van der Waals surface area contributed by atoms with Crippen molar-refractivity contribution in [1.29, 1.82) is 0 Å². The first-order valence-electron chi connectivity index (χ1n) is 16.3. The van der Waals surface area contributed by atoms with Crippen LogP contribution in [0.2, 0.25) is 5.02 Å². The molecule has 0 radical (unpaired) electrons. The van der Waals surface area contributed by atoms with E-state index in [4.69, 9.17) is 16.6 Å². The van der Waals surface area contributed by atoms with E-state index >= 15 is 0 Å². The lowest BCUT2D eigenvalue weighted by molar-refractivity contribution is -0.137. The molecule has 2 N–H and O–H groups in total. The molecular weight excluding hydrogens is 665 g/mol. The molecule has 260 valence electrons. The molecule has 0 atom stereocenters. The summed E-state index contributed by atoms with van der Waals surface area (Å²) in [6, 6.07) is 4.14. The highest BCUT2D eigenvalue weighted by Crippen LogP contribution is 2.34. The quantitative estimate of drug-likeness (QED) is 0.249. The Morgan fingerprint density at radius 3 is 2.41 bits per heavy atom. The number of rotatable bonds is 7. The van der Waals surface area contributed by atoms with Crippen molar-refractivity contribution < 1.29 is 27.9 Å². The third-order valence-corrected chi connectivity index (χ3v) is 9.50. The molecule has 3 aromatic heterocycles. The number of hydrogen-bond donors (Lipinski definition) is 2. The number of halogens is 4. The SMILES string of the molecule is CCc1c(N2CCN(C(=O)c3ccncc3O)CC2)c(=O)n2nc(C3CCCCCC3)nc2n1CC(=O)Nc1ccc(C(F)(F)F)cc1Cl. The summed E-state index contributed by atoms with van der Waals surface area (Å²) in [4.78, 5) is 53.0. The maximum Gasteiger partial charge on any atom is 0.416 e. The fraction of sp³-hybridized carbons (Fsp3) is 0.455. The third-order valence-electron chi connectivity index (χ3n) is 9.18. The van der Waals surface area contributed by atoms with E-state index in [1.807, 2.05) is 11.8 Å². The van der Waals surface area contributed by atoms with Crippen LogP contribution in [0, 0.1) is 0 Å². The Bertz CT molecular complexity index is 1930. The third kappa shape index (κ3) is 7.07. The van der Waals surface area contributed by atoms with Crippen molar-refractivity contribution in [2.45, 2.75) is 70.5 Å². The number of carbonyl (C=O) groups excluding carboxylic acids is 2. The number of aromatic hydroxyl groups is 1. The molecule has 2 amide bonds. The van der Waals surface area contributed by atoms with Crippen molar-refractivity contribution in [1.82, 2.24) is 29.0 Å². The van der Waals surface area contributed by atoms with Crippen molar-refractivity contribution in [3.05, 3.63) is 74.7 Å². The number of benzene rings is 1. The van der Waals surface area contributed by atoms with Gasteiger partial charge in [0.15, 0.2) is 5.82 Å². The molecule has 2 aliphatic rings. The molecule has 1 saturated heterocycles. The van der Waals surface area contributed by atoms with Gasteiger partial charge >= 0.3 is 6.18 Å². The van der Waals surface area contributed by atoms with Gasteiger partial charge in [-0.25, -0.2) is 0 Å². The second-order valence-corrected chi connectivity index (χ2v) is 12.7. The van der Waals surface area contributed by atoms with Crippen LogP contribution in [-0.2, 0) is 23.9 Å². The molecule has 0 spiro atoms. The second-order valence-electron chi connectivity index (χ2n) is 12.3. The number of anilines is 2. The topological polar surface area (TPSA) is 138 Å². The van der Waals surface area contributed by atoms with Gasteiger partial charge in [0.05, 0.1) is 33.7 Å². The van der Waals surface area contributed by atoms with E-state index < -0.39 is 23.2 Å². The largest absolute Gasteiger partial charge is 0.505 e. The van der Waals surface area contributed by atoms with Crippen LogP contribution < -0.4 is 15.8 Å². The van der Waals surface area contributed by atoms with E-state index in [1.54, 1.807) is 9.47 Å². The van der Waals surface area contributed by atoms with Crippen molar-refractivity contribution in [2.24, 2.45) is 0 Å². The summed E-state index contributed by atoms with van der Waals surface area (Å²) in [5, 5.41) is 17.2. The molecule has 6 rings (SSSR count). The van der Waals surface area contributed by atoms with E-state index in [2.05, 4.69) is 15.4 Å². The highest BCUT2D eigenvalue weighted by molar-refractivity contribution is 6.33. The smallest absolute Gasteiger partial charge is 0.416 e. The number of piperazine rings is 1. The van der Waals surface area contributed by atoms with Gasteiger partial charge in [0.1, 0.15) is 18.0 Å². The molecule has 4 aromatic rings. The molecule has 1 aliphatic heterocycles. The minimum Gasteiger partial charge on any atom is -0.505 e. The van der Waals surface area contributed by atoms with Crippen LogP contribution in [0.5, 0.6) is 5.75 Å². The summed E-state index contributed by atoms with van der Waals surface area (Å²) in [5.41, 5.74) is -0.340. The predicted molar refractivity (Wildman–Crippen MR) is 176 cm³/mol.